The van der Waals surface area contributed by atoms with Gasteiger partial charge in [0.05, 0.1) is 22.6 Å². The molecule has 114 valence electrons. The molecule has 0 radical (unpaired) electrons. The number of pyridine rings is 1. The van der Waals surface area contributed by atoms with Gasteiger partial charge in [-0.15, -0.1) is 0 Å². The van der Waals surface area contributed by atoms with Crippen molar-refractivity contribution in [3.63, 3.8) is 0 Å². The van der Waals surface area contributed by atoms with Crippen molar-refractivity contribution in [2.24, 2.45) is 0 Å². The molecule has 0 unspecified atom stereocenters. The van der Waals surface area contributed by atoms with Gasteiger partial charge in [-0.05, 0) is 32.8 Å². The summed E-state index contributed by atoms with van der Waals surface area (Å²) in [5.74, 6) is 1.22. The molecule has 1 N–H and O–H groups in total. The Labute approximate surface area is 131 Å². The molecule has 5 heteroatoms. The smallest absolute Gasteiger partial charge is 0.108 e. The SMILES string of the molecule is Cc1cc(NCCc2cn3c(n2)CCCC3)c(C#N)c(C)n1. The van der Waals surface area contributed by atoms with Crippen LogP contribution in [0.25, 0.3) is 0 Å². The van der Waals surface area contributed by atoms with E-state index >= 15 is 0 Å². The maximum atomic E-state index is 9.27. The maximum absolute atomic E-state index is 9.27. The van der Waals surface area contributed by atoms with Crippen LogP contribution in [0.1, 0.15) is 41.3 Å². The van der Waals surface area contributed by atoms with Crippen molar-refractivity contribution in [3.8, 4) is 6.07 Å². The molecule has 0 saturated carbocycles. The number of imidazole rings is 1. The molecule has 0 amide bonds. The minimum atomic E-state index is 0.634. The normalized spacial score (nSPS) is 13.5. The monoisotopic (exact) mass is 295 g/mol. The average Bonchev–Trinajstić information content (AvgIpc) is 2.89. The van der Waals surface area contributed by atoms with Crippen LogP contribution >= 0.6 is 0 Å². The molecule has 2 aromatic rings. The first-order valence-corrected chi connectivity index (χ1v) is 7.84. The second-order valence-corrected chi connectivity index (χ2v) is 5.86. The van der Waals surface area contributed by atoms with Crippen molar-refractivity contribution >= 4 is 5.69 Å². The molecule has 3 rings (SSSR count). The summed E-state index contributed by atoms with van der Waals surface area (Å²) in [5.41, 5.74) is 4.34. The molecular formula is C17H21N5. The van der Waals surface area contributed by atoms with Crippen LogP contribution in [-0.4, -0.2) is 21.1 Å². The van der Waals surface area contributed by atoms with Crippen molar-refractivity contribution in [2.75, 3.05) is 11.9 Å². The van der Waals surface area contributed by atoms with Gasteiger partial charge in [0.15, 0.2) is 0 Å². The van der Waals surface area contributed by atoms with Gasteiger partial charge in [-0.25, -0.2) is 4.98 Å². The van der Waals surface area contributed by atoms with Crippen molar-refractivity contribution in [2.45, 2.75) is 46.1 Å². The lowest BCUT2D eigenvalue weighted by Gasteiger charge is -2.11. The Bertz CT molecular complexity index is 700. The van der Waals surface area contributed by atoms with E-state index in [0.717, 1.165) is 48.7 Å². The van der Waals surface area contributed by atoms with Crippen LogP contribution in [0.2, 0.25) is 0 Å². The number of aryl methyl sites for hydroxylation is 4. The molecule has 22 heavy (non-hydrogen) atoms. The number of aromatic nitrogens is 3. The maximum Gasteiger partial charge on any atom is 0.108 e. The fourth-order valence-electron chi connectivity index (χ4n) is 3.03. The van der Waals surface area contributed by atoms with Crippen LogP contribution in [0.3, 0.4) is 0 Å². The lowest BCUT2D eigenvalue weighted by atomic mass is 10.1. The number of hydrogen-bond donors (Lipinski definition) is 1. The van der Waals surface area contributed by atoms with E-state index in [4.69, 9.17) is 4.98 Å². The van der Waals surface area contributed by atoms with Gasteiger partial charge in [-0.1, -0.05) is 0 Å². The van der Waals surface area contributed by atoms with E-state index < -0.39 is 0 Å². The molecule has 0 aliphatic carbocycles. The molecule has 1 aliphatic heterocycles. The molecular weight excluding hydrogens is 274 g/mol. The lowest BCUT2D eigenvalue weighted by Crippen LogP contribution is -2.09. The van der Waals surface area contributed by atoms with E-state index in [9.17, 15) is 5.26 Å². The number of nitriles is 1. The summed E-state index contributed by atoms with van der Waals surface area (Å²) < 4.78 is 2.28. The molecule has 0 saturated heterocycles. The average molecular weight is 295 g/mol. The Kier molecular flexibility index (Phi) is 4.10. The van der Waals surface area contributed by atoms with Crippen LogP contribution in [0, 0.1) is 25.2 Å². The third kappa shape index (κ3) is 2.96. The quantitative estimate of drug-likeness (QED) is 0.942. The highest BCUT2D eigenvalue weighted by molar-refractivity contribution is 5.59. The van der Waals surface area contributed by atoms with Gasteiger partial charge in [0.2, 0.25) is 0 Å². The fraction of sp³-hybridized carbons (Fsp3) is 0.471. The second-order valence-electron chi connectivity index (χ2n) is 5.86. The zero-order valence-electron chi connectivity index (χ0n) is 13.2. The number of rotatable bonds is 4. The van der Waals surface area contributed by atoms with E-state index in [2.05, 4.69) is 27.1 Å². The topological polar surface area (TPSA) is 66.5 Å². The highest BCUT2D eigenvalue weighted by atomic mass is 15.1. The minimum absolute atomic E-state index is 0.634. The van der Waals surface area contributed by atoms with Gasteiger partial charge in [0.1, 0.15) is 11.9 Å². The van der Waals surface area contributed by atoms with Crippen molar-refractivity contribution in [1.29, 1.82) is 5.26 Å². The second kappa shape index (κ2) is 6.18. The molecule has 3 heterocycles. The Morgan fingerprint density at radius 3 is 2.95 bits per heavy atom. The molecule has 1 aliphatic rings. The van der Waals surface area contributed by atoms with E-state index in [1.54, 1.807) is 0 Å². The van der Waals surface area contributed by atoms with E-state index in [0.29, 0.717) is 5.56 Å². The summed E-state index contributed by atoms with van der Waals surface area (Å²) in [5, 5.41) is 12.6. The number of nitrogens with one attached hydrogen (secondary N) is 1. The first-order chi connectivity index (χ1) is 10.7. The lowest BCUT2D eigenvalue weighted by molar-refractivity contribution is 0.522. The van der Waals surface area contributed by atoms with Gasteiger partial charge < -0.3 is 9.88 Å². The van der Waals surface area contributed by atoms with Gasteiger partial charge >= 0.3 is 0 Å². The van der Waals surface area contributed by atoms with Gasteiger partial charge in [-0.2, -0.15) is 5.26 Å². The van der Waals surface area contributed by atoms with Crippen LogP contribution in [-0.2, 0) is 19.4 Å². The van der Waals surface area contributed by atoms with E-state index in [1.165, 1.54) is 18.7 Å². The summed E-state index contributed by atoms with van der Waals surface area (Å²) in [6, 6.07) is 4.17. The summed E-state index contributed by atoms with van der Waals surface area (Å²) in [6.45, 7) is 5.69. The summed E-state index contributed by atoms with van der Waals surface area (Å²) in [7, 11) is 0. The Morgan fingerprint density at radius 2 is 2.18 bits per heavy atom. The Hall–Kier alpha value is -2.35. The zero-order valence-corrected chi connectivity index (χ0v) is 13.2. The standard InChI is InChI=1S/C17H21N5/c1-12-9-16(15(10-18)13(2)20-12)19-7-6-14-11-22-8-4-3-5-17(22)21-14/h9,11H,3-8H2,1-2H3,(H,19,20). The molecule has 0 fully saturated rings. The largest absolute Gasteiger partial charge is 0.383 e. The van der Waals surface area contributed by atoms with Crippen molar-refractivity contribution in [3.05, 3.63) is 40.7 Å². The first-order valence-electron chi connectivity index (χ1n) is 7.84. The van der Waals surface area contributed by atoms with E-state index in [-0.39, 0.29) is 0 Å². The number of nitrogens with zero attached hydrogens (tertiary/aromatic N) is 4. The van der Waals surface area contributed by atoms with Crippen molar-refractivity contribution < 1.29 is 0 Å². The highest BCUT2D eigenvalue weighted by Gasteiger charge is 2.12. The minimum Gasteiger partial charge on any atom is -0.383 e. The van der Waals surface area contributed by atoms with Crippen LogP contribution in [0.15, 0.2) is 12.3 Å². The van der Waals surface area contributed by atoms with Crippen LogP contribution in [0.4, 0.5) is 5.69 Å². The molecule has 2 aromatic heterocycles. The third-order valence-corrected chi connectivity index (χ3v) is 4.10. The molecule has 0 aromatic carbocycles. The Morgan fingerprint density at radius 1 is 1.32 bits per heavy atom. The van der Waals surface area contributed by atoms with Gasteiger partial charge in [-0.3, -0.25) is 4.98 Å². The predicted molar refractivity (Wildman–Crippen MR) is 85.8 cm³/mol. The van der Waals surface area contributed by atoms with Crippen molar-refractivity contribution in [1.82, 2.24) is 14.5 Å². The molecule has 5 nitrogen and oxygen atoms in total. The third-order valence-electron chi connectivity index (χ3n) is 4.10. The van der Waals surface area contributed by atoms with Crippen LogP contribution < -0.4 is 5.32 Å². The summed E-state index contributed by atoms with van der Waals surface area (Å²) in [4.78, 5) is 9.04. The van der Waals surface area contributed by atoms with Gasteiger partial charge in [0.25, 0.3) is 0 Å². The number of hydrogen-bond acceptors (Lipinski definition) is 4. The van der Waals surface area contributed by atoms with Gasteiger partial charge in [0, 0.05) is 37.8 Å². The molecule has 0 atom stereocenters. The summed E-state index contributed by atoms with van der Waals surface area (Å²) >= 11 is 0. The Balaban J connectivity index is 1.66. The predicted octanol–water partition coefficient (Wildman–Crippen LogP) is 2.76. The fourth-order valence-corrected chi connectivity index (χ4v) is 3.03. The number of fused-ring (bicyclic) bond motifs is 1. The van der Waals surface area contributed by atoms with Crippen LogP contribution in [0.5, 0.6) is 0 Å². The zero-order chi connectivity index (χ0) is 15.5. The highest BCUT2D eigenvalue weighted by Crippen LogP contribution is 2.19. The summed E-state index contributed by atoms with van der Waals surface area (Å²) in [6.07, 6.45) is 6.63. The number of anilines is 1. The van der Waals surface area contributed by atoms with E-state index in [1.807, 2.05) is 19.9 Å². The molecule has 0 bridgehead atoms. The first kappa shape index (κ1) is 14.6. The molecule has 0 spiro atoms.